The Labute approximate surface area is 146 Å². The maximum Gasteiger partial charge on any atom is 0.161 e. The van der Waals surface area contributed by atoms with Crippen LogP contribution in [0.4, 0.5) is 5.82 Å². The van der Waals surface area contributed by atoms with E-state index in [1.54, 1.807) is 11.7 Å². The van der Waals surface area contributed by atoms with Crippen molar-refractivity contribution >= 4 is 24.1 Å². The molecule has 0 aliphatic carbocycles. The topological polar surface area (TPSA) is 90.2 Å². The Bertz CT molecular complexity index is 835. The Morgan fingerprint density at radius 3 is 2.68 bits per heavy atom. The van der Waals surface area contributed by atoms with Gasteiger partial charge in [0.15, 0.2) is 11.9 Å². The summed E-state index contributed by atoms with van der Waals surface area (Å²) < 4.78 is 1.79. The summed E-state index contributed by atoms with van der Waals surface area (Å²) in [5.41, 5.74) is 9.23. The van der Waals surface area contributed by atoms with Gasteiger partial charge in [-0.15, -0.1) is 0 Å². The van der Waals surface area contributed by atoms with E-state index in [4.69, 9.17) is 10.6 Å². The van der Waals surface area contributed by atoms with Gasteiger partial charge in [0.1, 0.15) is 17.2 Å². The number of oxime groups is 1. The molecular formula is C18H22N6O. The summed E-state index contributed by atoms with van der Waals surface area (Å²) in [6.45, 7) is 7.71. The second-order valence-corrected chi connectivity index (χ2v) is 6.10. The minimum atomic E-state index is -0.131. The van der Waals surface area contributed by atoms with E-state index in [9.17, 15) is 0 Å². The van der Waals surface area contributed by atoms with Gasteiger partial charge >= 0.3 is 0 Å². The molecule has 0 radical (unpaired) electrons. The van der Waals surface area contributed by atoms with Crippen LogP contribution in [0.3, 0.4) is 0 Å². The van der Waals surface area contributed by atoms with Gasteiger partial charge in [-0.05, 0) is 26.1 Å². The van der Waals surface area contributed by atoms with Gasteiger partial charge < -0.3 is 10.6 Å². The number of nitrogens with zero attached hydrogens (tertiary/aromatic N) is 5. The third-order valence-corrected chi connectivity index (χ3v) is 4.13. The van der Waals surface area contributed by atoms with E-state index >= 15 is 0 Å². The Morgan fingerprint density at radius 1 is 1.36 bits per heavy atom. The van der Waals surface area contributed by atoms with Crippen molar-refractivity contribution in [2.45, 2.75) is 32.4 Å². The Morgan fingerprint density at radius 2 is 2.08 bits per heavy atom. The van der Waals surface area contributed by atoms with Crippen LogP contribution in [0.5, 0.6) is 0 Å². The second-order valence-electron chi connectivity index (χ2n) is 6.10. The zero-order valence-corrected chi connectivity index (χ0v) is 14.7. The van der Waals surface area contributed by atoms with Crippen LogP contribution >= 0.6 is 0 Å². The highest BCUT2D eigenvalue weighted by atomic mass is 16.6. The molecule has 1 atom stereocenters. The van der Waals surface area contributed by atoms with Crippen molar-refractivity contribution in [1.82, 2.24) is 9.78 Å². The van der Waals surface area contributed by atoms with Gasteiger partial charge in [-0.1, -0.05) is 35.5 Å². The van der Waals surface area contributed by atoms with Crippen molar-refractivity contribution in [3.05, 3.63) is 47.2 Å². The number of nitrogens with two attached hydrogens (primary N) is 1. The molecule has 2 aromatic rings. The largest absolute Gasteiger partial charge is 0.387 e. The molecule has 1 unspecified atom stereocenters. The molecule has 0 bridgehead atoms. The van der Waals surface area contributed by atoms with Crippen LogP contribution in [0, 0.1) is 0 Å². The van der Waals surface area contributed by atoms with Crippen LogP contribution < -0.4 is 5.73 Å². The fourth-order valence-electron chi connectivity index (χ4n) is 2.85. The Hall–Kier alpha value is -2.96. The Balaban J connectivity index is 2.01. The standard InChI is InChI=1S/C18H22N6O/c1-11(2)24-18(21-4)15(17(19)20-3)16(22-24)13-10-14(25-23-13)12-8-6-5-7-9-12/h5-9,11,14H,4,10H2,1-3H3,(H2,19,20). The zero-order chi connectivity index (χ0) is 18.0. The lowest BCUT2D eigenvalue weighted by Crippen LogP contribution is -2.17. The maximum absolute atomic E-state index is 6.11. The van der Waals surface area contributed by atoms with Crippen LogP contribution in [0.1, 0.15) is 49.2 Å². The van der Waals surface area contributed by atoms with E-state index in [0.717, 1.165) is 11.3 Å². The molecule has 3 rings (SSSR count). The number of benzene rings is 1. The maximum atomic E-state index is 6.11. The highest BCUT2D eigenvalue weighted by molar-refractivity contribution is 6.13. The molecule has 1 aromatic heterocycles. The quantitative estimate of drug-likeness (QED) is 0.671. The van der Waals surface area contributed by atoms with Crippen molar-refractivity contribution < 1.29 is 4.84 Å². The summed E-state index contributed by atoms with van der Waals surface area (Å²) in [7, 11) is 1.64. The van der Waals surface area contributed by atoms with Crippen molar-refractivity contribution in [2.24, 2.45) is 20.9 Å². The lowest BCUT2D eigenvalue weighted by atomic mass is 10.0. The lowest BCUT2D eigenvalue weighted by Gasteiger charge is -2.07. The molecule has 0 amide bonds. The third-order valence-electron chi connectivity index (χ3n) is 4.13. The highest BCUT2D eigenvalue weighted by Crippen LogP contribution is 2.33. The van der Waals surface area contributed by atoms with E-state index in [2.05, 4.69) is 27.0 Å². The van der Waals surface area contributed by atoms with E-state index in [1.165, 1.54) is 0 Å². The fourth-order valence-corrected chi connectivity index (χ4v) is 2.85. The number of hydrogen-bond donors (Lipinski definition) is 1. The molecule has 0 saturated carbocycles. The Kier molecular flexibility index (Phi) is 4.65. The van der Waals surface area contributed by atoms with Crippen molar-refractivity contribution in [2.75, 3.05) is 7.05 Å². The molecule has 7 nitrogen and oxygen atoms in total. The molecule has 130 valence electrons. The lowest BCUT2D eigenvalue weighted by molar-refractivity contribution is 0.0857. The van der Waals surface area contributed by atoms with E-state index in [-0.39, 0.29) is 12.1 Å². The normalized spacial score (nSPS) is 17.5. The summed E-state index contributed by atoms with van der Waals surface area (Å²) in [5, 5.41) is 8.93. The number of rotatable bonds is 5. The average Bonchev–Trinajstić information content (AvgIpc) is 3.26. The van der Waals surface area contributed by atoms with Gasteiger partial charge in [0.2, 0.25) is 0 Å². The minimum Gasteiger partial charge on any atom is -0.387 e. The summed E-state index contributed by atoms with van der Waals surface area (Å²) in [6, 6.07) is 10.1. The summed E-state index contributed by atoms with van der Waals surface area (Å²) in [6.07, 6.45) is 0.479. The van der Waals surface area contributed by atoms with E-state index < -0.39 is 0 Å². The molecule has 0 spiro atoms. The third kappa shape index (κ3) is 3.05. The zero-order valence-electron chi connectivity index (χ0n) is 14.7. The summed E-state index contributed by atoms with van der Waals surface area (Å²) in [4.78, 5) is 13.9. The molecular weight excluding hydrogens is 316 g/mol. The van der Waals surface area contributed by atoms with Crippen molar-refractivity contribution in [3.8, 4) is 0 Å². The first-order chi connectivity index (χ1) is 12.1. The van der Waals surface area contributed by atoms with Gasteiger partial charge in [-0.3, -0.25) is 4.99 Å². The number of aliphatic imine (C=N–C) groups is 2. The molecule has 1 aromatic carbocycles. The number of hydrogen-bond acceptors (Lipinski definition) is 5. The first kappa shape index (κ1) is 16.9. The van der Waals surface area contributed by atoms with Gasteiger partial charge in [0, 0.05) is 19.5 Å². The van der Waals surface area contributed by atoms with Crippen LogP contribution in [-0.2, 0) is 4.84 Å². The predicted molar refractivity (Wildman–Crippen MR) is 99.9 cm³/mol. The van der Waals surface area contributed by atoms with Crippen LogP contribution in [-0.4, -0.2) is 35.1 Å². The van der Waals surface area contributed by atoms with E-state index in [0.29, 0.717) is 29.3 Å². The highest BCUT2D eigenvalue weighted by Gasteiger charge is 2.31. The van der Waals surface area contributed by atoms with Gasteiger partial charge in [-0.2, -0.15) is 5.10 Å². The molecule has 0 saturated heterocycles. The first-order valence-corrected chi connectivity index (χ1v) is 8.16. The molecule has 1 aliphatic heterocycles. The minimum absolute atomic E-state index is 0.102. The van der Waals surface area contributed by atoms with E-state index in [1.807, 2.05) is 44.2 Å². The summed E-state index contributed by atoms with van der Waals surface area (Å²) >= 11 is 0. The fraction of sp³-hybridized carbons (Fsp3) is 0.333. The predicted octanol–water partition coefficient (Wildman–Crippen LogP) is 3.00. The van der Waals surface area contributed by atoms with Crippen LogP contribution in [0.25, 0.3) is 0 Å². The molecule has 2 N–H and O–H groups in total. The number of amidine groups is 1. The monoisotopic (exact) mass is 338 g/mol. The van der Waals surface area contributed by atoms with Gasteiger partial charge in [0.25, 0.3) is 0 Å². The second kappa shape index (κ2) is 6.88. The molecule has 2 heterocycles. The molecule has 25 heavy (non-hydrogen) atoms. The smallest absolute Gasteiger partial charge is 0.161 e. The van der Waals surface area contributed by atoms with Crippen LogP contribution in [0.2, 0.25) is 0 Å². The van der Waals surface area contributed by atoms with Gasteiger partial charge in [0.05, 0.1) is 5.56 Å². The molecule has 0 fully saturated rings. The average molecular weight is 338 g/mol. The first-order valence-electron chi connectivity index (χ1n) is 8.16. The molecule has 1 aliphatic rings. The SMILES string of the molecule is C=Nc1c(C(N)=NC)c(C2=NOC(c3ccccc3)C2)nn1C(C)C. The molecule has 7 heteroatoms. The van der Waals surface area contributed by atoms with Crippen molar-refractivity contribution in [3.63, 3.8) is 0 Å². The summed E-state index contributed by atoms with van der Waals surface area (Å²) in [5.74, 6) is 0.953. The number of aromatic nitrogens is 2. The van der Waals surface area contributed by atoms with Crippen molar-refractivity contribution in [1.29, 1.82) is 0 Å². The van der Waals surface area contributed by atoms with Crippen LogP contribution in [0.15, 0.2) is 45.5 Å². The van der Waals surface area contributed by atoms with Gasteiger partial charge in [-0.25, -0.2) is 9.67 Å².